The van der Waals surface area contributed by atoms with Gasteiger partial charge in [-0.25, -0.2) is 8.42 Å². The first-order valence-electron chi connectivity index (χ1n) is 6.45. The van der Waals surface area contributed by atoms with Crippen molar-refractivity contribution in [1.82, 2.24) is 5.32 Å². The molecule has 0 fully saturated rings. The van der Waals surface area contributed by atoms with Crippen LogP contribution in [0, 0.1) is 0 Å². The van der Waals surface area contributed by atoms with E-state index in [1.54, 1.807) is 18.2 Å². The SMILES string of the molecule is CCCNCCS(=O)(=O)Nc1ccc(OC)c(OC)c1. The van der Waals surface area contributed by atoms with Gasteiger partial charge in [0.2, 0.25) is 10.0 Å². The first-order chi connectivity index (χ1) is 9.52. The normalized spacial score (nSPS) is 11.2. The quantitative estimate of drug-likeness (QED) is 0.675. The van der Waals surface area contributed by atoms with Crippen LogP contribution in [0.4, 0.5) is 5.69 Å². The summed E-state index contributed by atoms with van der Waals surface area (Å²) < 4.78 is 36.5. The number of ether oxygens (including phenoxy) is 2. The molecule has 0 bridgehead atoms. The van der Waals surface area contributed by atoms with E-state index in [1.807, 2.05) is 6.92 Å². The largest absolute Gasteiger partial charge is 0.493 e. The van der Waals surface area contributed by atoms with Gasteiger partial charge in [0.05, 0.1) is 25.7 Å². The molecule has 114 valence electrons. The Hall–Kier alpha value is -1.47. The third-order valence-corrected chi connectivity index (χ3v) is 3.92. The summed E-state index contributed by atoms with van der Waals surface area (Å²) in [5.41, 5.74) is 0.457. The lowest BCUT2D eigenvalue weighted by molar-refractivity contribution is 0.355. The van der Waals surface area contributed by atoms with Crippen molar-refractivity contribution in [3.8, 4) is 11.5 Å². The Labute approximate surface area is 120 Å². The van der Waals surface area contributed by atoms with E-state index in [9.17, 15) is 8.42 Å². The highest BCUT2D eigenvalue weighted by Gasteiger charge is 2.12. The predicted octanol–water partition coefficient (Wildman–Crippen LogP) is 1.45. The lowest BCUT2D eigenvalue weighted by atomic mass is 10.3. The fourth-order valence-corrected chi connectivity index (χ4v) is 2.64. The smallest absolute Gasteiger partial charge is 0.233 e. The van der Waals surface area contributed by atoms with Crippen LogP contribution in [0.15, 0.2) is 18.2 Å². The van der Waals surface area contributed by atoms with Gasteiger partial charge in [0.15, 0.2) is 11.5 Å². The molecule has 0 unspecified atom stereocenters. The summed E-state index contributed by atoms with van der Waals surface area (Å²) in [6.07, 6.45) is 0.975. The fraction of sp³-hybridized carbons (Fsp3) is 0.538. The number of nitrogens with one attached hydrogen (secondary N) is 2. The number of anilines is 1. The van der Waals surface area contributed by atoms with E-state index in [1.165, 1.54) is 14.2 Å². The molecule has 0 atom stereocenters. The van der Waals surface area contributed by atoms with Crippen LogP contribution in [-0.4, -0.2) is 41.5 Å². The lowest BCUT2D eigenvalue weighted by Gasteiger charge is -2.12. The molecule has 1 aromatic rings. The zero-order chi connectivity index (χ0) is 15.0. The summed E-state index contributed by atoms with van der Waals surface area (Å²) >= 11 is 0. The molecule has 0 aliphatic carbocycles. The number of rotatable bonds is 9. The number of hydrogen-bond donors (Lipinski definition) is 2. The first-order valence-corrected chi connectivity index (χ1v) is 8.11. The highest BCUT2D eigenvalue weighted by Crippen LogP contribution is 2.30. The van der Waals surface area contributed by atoms with Crippen LogP contribution in [0.2, 0.25) is 0 Å². The van der Waals surface area contributed by atoms with Crippen molar-refractivity contribution in [2.75, 3.05) is 37.8 Å². The Morgan fingerprint density at radius 2 is 1.80 bits per heavy atom. The molecule has 0 radical (unpaired) electrons. The van der Waals surface area contributed by atoms with Crippen molar-refractivity contribution in [3.05, 3.63) is 18.2 Å². The molecule has 7 heteroatoms. The maximum absolute atomic E-state index is 11.9. The Morgan fingerprint density at radius 3 is 2.40 bits per heavy atom. The molecule has 0 spiro atoms. The fourth-order valence-electron chi connectivity index (χ4n) is 1.64. The number of benzene rings is 1. The maximum atomic E-state index is 11.9. The van der Waals surface area contributed by atoms with E-state index in [4.69, 9.17) is 9.47 Å². The molecule has 0 amide bonds. The summed E-state index contributed by atoms with van der Waals surface area (Å²) in [4.78, 5) is 0. The van der Waals surface area contributed by atoms with Crippen molar-refractivity contribution >= 4 is 15.7 Å². The van der Waals surface area contributed by atoms with Gasteiger partial charge < -0.3 is 14.8 Å². The molecule has 0 aliphatic heterocycles. The summed E-state index contributed by atoms with van der Waals surface area (Å²) in [6, 6.07) is 4.89. The molecule has 0 saturated carbocycles. The molecule has 2 N–H and O–H groups in total. The molecule has 1 aromatic carbocycles. The minimum Gasteiger partial charge on any atom is -0.493 e. The van der Waals surface area contributed by atoms with Gasteiger partial charge in [0.1, 0.15) is 0 Å². The van der Waals surface area contributed by atoms with Crippen LogP contribution in [0.5, 0.6) is 11.5 Å². The second-order valence-corrected chi connectivity index (χ2v) is 6.08. The van der Waals surface area contributed by atoms with Gasteiger partial charge in [-0.05, 0) is 25.1 Å². The van der Waals surface area contributed by atoms with Crippen molar-refractivity contribution < 1.29 is 17.9 Å². The average Bonchev–Trinajstić information content (AvgIpc) is 2.43. The summed E-state index contributed by atoms with van der Waals surface area (Å²) in [5.74, 6) is 1.07. The van der Waals surface area contributed by atoms with Crippen molar-refractivity contribution in [2.24, 2.45) is 0 Å². The molecule has 6 nitrogen and oxygen atoms in total. The summed E-state index contributed by atoms with van der Waals surface area (Å²) in [7, 11) is -0.335. The highest BCUT2D eigenvalue weighted by molar-refractivity contribution is 7.92. The monoisotopic (exact) mass is 302 g/mol. The summed E-state index contributed by atoms with van der Waals surface area (Å²) in [5, 5.41) is 3.05. The van der Waals surface area contributed by atoms with Crippen molar-refractivity contribution in [2.45, 2.75) is 13.3 Å². The van der Waals surface area contributed by atoms with E-state index in [-0.39, 0.29) is 5.75 Å². The lowest BCUT2D eigenvalue weighted by Crippen LogP contribution is -2.27. The standard InChI is InChI=1S/C13H22N2O4S/c1-4-7-14-8-9-20(16,17)15-11-5-6-12(18-2)13(10-11)19-3/h5-6,10,14-15H,4,7-9H2,1-3H3. The molecular weight excluding hydrogens is 280 g/mol. The highest BCUT2D eigenvalue weighted by atomic mass is 32.2. The molecule has 0 aromatic heterocycles. The van der Waals surface area contributed by atoms with Crippen LogP contribution in [0.25, 0.3) is 0 Å². The van der Waals surface area contributed by atoms with Gasteiger partial charge in [0, 0.05) is 12.6 Å². The van der Waals surface area contributed by atoms with Crippen LogP contribution < -0.4 is 19.5 Å². The van der Waals surface area contributed by atoms with E-state index in [2.05, 4.69) is 10.0 Å². The topological polar surface area (TPSA) is 76.7 Å². The van der Waals surface area contributed by atoms with Crippen LogP contribution >= 0.6 is 0 Å². The van der Waals surface area contributed by atoms with Gasteiger partial charge >= 0.3 is 0 Å². The Balaban J connectivity index is 2.67. The minimum atomic E-state index is -3.37. The van der Waals surface area contributed by atoms with Crippen LogP contribution in [-0.2, 0) is 10.0 Å². The van der Waals surface area contributed by atoms with E-state index < -0.39 is 10.0 Å². The van der Waals surface area contributed by atoms with E-state index in [0.717, 1.165) is 13.0 Å². The van der Waals surface area contributed by atoms with Gasteiger partial charge in [0.25, 0.3) is 0 Å². The van der Waals surface area contributed by atoms with Gasteiger partial charge in [-0.2, -0.15) is 0 Å². The Kier molecular flexibility index (Phi) is 6.60. The van der Waals surface area contributed by atoms with E-state index >= 15 is 0 Å². The van der Waals surface area contributed by atoms with E-state index in [0.29, 0.717) is 23.7 Å². The van der Waals surface area contributed by atoms with Crippen molar-refractivity contribution in [1.29, 1.82) is 0 Å². The molecule has 0 heterocycles. The second kappa shape index (κ2) is 7.96. The second-order valence-electron chi connectivity index (χ2n) is 4.24. The third-order valence-electron chi connectivity index (χ3n) is 2.63. The summed E-state index contributed by atoms with van der Waals surface area (Å²) in [6.45, 7) is 3.27. The minimum absolute atomic E-state index is 0.0291. The van der Waals surface area contributed by atoms with Gasteiger partial charge in [-0.3, -0.25) is 4.72 Å². The first kappa shape index (κ1) is 16.6. The Bertz CT molecular complexity index is 517. The van der Waals surface area contributed by atoms with Gasteiger partial charge in [-0.15, -0.1) is 0 Å². The number of sulfonamides is 1. The number of methoxy groups -OCH3 is 2. The molecule has 0 aliphatic rings. The molecular formula is C13H22N2O4S. The molecule has 1 rings (SSSR count). The molecule has 20 heavy (non-hydrogen) atoms. The third kappa shape index (κ3) is 5.26. The maximum Gasteiger partial charge on any atom is 0.233 e. The molecule has 0 saturated heterocycles. The Morgan fingerprint density at radius 1 is 1.10 bits per heavy atom. The predicted molar refractivity (Wildman–Crippen MR) is 80.1 cm³/mol. The van der Waals surface area contributed by atoms with Crippen LogP contribution in [0.1, 0.15) is 13.3 Å². The average molecular weight is 302 g/mol. The zero-order valence-corrected chi connectivity index (χ0v) is 12.9. The zero-order valence-electron chi connectivity index (χ0n) is 12.1. The number of hydrogen-bond acceptors (Lipinski definition) is 5. The van der Waals surface area contributed by atoms with Crippen LogP contribution in [0.3, 0.4) is 0 Å². The van der Waals surface area contributed by atoms with Crippen molar-refractivity contribution in [3.63, 3.8) is 0 Å². The van der Waals surface area contributed by atoms with Gasteiger partial charge in [-0.1, -0.05) is 6.92 Å².